The number of rotatable bonds is 8. The van der Waals surface area contributed by atoms with Crippen molar-refractivity contribution < 1.29 is 19.4 Å². The molecule has 6 heteroatoms. The number of aliphatic hydroxyl groups is 1. The molecule has 3 atom stereocenters. The average Bonchev–Trinajstić information content (AvgIpc) is 3.37. The van der Waals surface area contributed by atoms with Crippen LogP contribution in [0, 0.1) is 5.92 Å². The van der Waals surface area contributed by atoms with E-state index in [0.717, 1.165) is 18.4 Å². The van der Waals surface area contributed by atoms with Gasteiger partial charge >= 0.3 is 5.97 Å². The highest BCUT2D eigenvalue weighted by atomic mass is 16.5. The fourth-order valence-electron chi connectivity index (χ4n) is 2.50. The average molecular weight is 320 g/mol. The van der Waals surface area contributed by atoms with E-state index in [4.69, 9.17) is 5.73 Å². The zero-order valence-electron chi connectivity index (χ0n) is 13.3. The molecule has 1 saturated carbocycles. The Bertz CT molecular complexity index is 531. The Morgan fingerprint density at radius 1 is 1.35 bits per heavy atom. The summed E-state index contributed by atoms with van der Waals surface area (Å²) >= 11 is 0. The lowest BCUT2D eigenvalue weighted by Gasteiger charge is -2.24. The van der Waals surface area contributed by atoms with Crippen molar-refractivity contribution in [1.29, 1.82) is 0 Å². The first-order valence-corrected chi connectivity index (χ1v) is 7.87. The number of methoxy groups -OCH3 is 1. The van der Waals surface area contributed by atoms with Gasteiger partial charge in [0.1, 0.15) is 0 Å². The van der Waals surface area contributed by atoms with Crippen LogP contribution in [0.15, 0.2) is 30.3 Å². The highest BCUT2D eigenvalue weighted by Gasteiger charge is 2.32. The van der Waals surface area contributed by atoms with Crippen molar-refractivity contribution in [2.45, 2.75) is 43.9 Å². The number of nitrogens with two attached hydrogens (primary N) is 1. The third-order valence-corrected chi connectivity index (χ3v) is 4.07. The number of ether oxygens (including phenoxy) is 1. The van der Waals surface area contributed by atoms with E-state index in [2.05, 4.69) is 10.1 Å². The van der Waals surface area contributed by atoms with Crippen molar-refractivity contribution in [2.24, 2.45) is 11.7 Å². The standard InChI is InChI=1S/C17H24N2O4/c1-23-17(22)15(20)14(10-11-5-3-2-4-6-11)19-16(21)13(18)9-12-7-8-12/h2-6,12-15,20H,7-10,18H2,1H3,(H,19,21). The number of carbonyl (C=O) groups is 2. The molecular weight excluding hydrogens is 296 g/mol. The van der Waals surface area contributed by atoms with Gasteiger partial charge in [-0.05, 0) is 24.3 Å². The van der Waals surface area contributed by atoms with Crippen LogP contribution in [-0.2, 0) is 20.7 Å². The Morgan fingerprint density at radius 3 is 2.57 bits per heavy atom. The minimum absolute atomic E-state index is 0.318. The van der Waals surface area contributed by atoms with Crippen LogP contribution in [0.25, 0.3) is 0 Å². The molecule has 0 radical (unpaired) electrons. The van der Waals surface area contributed by atoms with E-state index in [1.165, 1.54) is 7.11 Å². The number of amides is 1. The fourth-order valence-corrected chi connectivity index (χ4v) is 2.50. The van der Waals surface area contributed by atoms with E-state index >= 15 is 0 Å². The predicted octanol–water partition coefficient (Wildman–Crippen LogP) is 0.375. The number of nitrogens with one attached hydrogen (secondary N) is 1. The summed E-state index contributed by atoms with van der Waals surface area (Å²) in [6, 6.07) is 7.93. The minimum atomic E-state index is -1.43. The van der Waals surface area contributed by atoms with Crippen LogP contribution >= 0.6 is 0 Å². The SMILES string of the molecule is COC(=O)C(O)C(Cc1ccccc1)NC(=O)C(N)CC1CC1. The second kappa shape index (κ2) is 8.08. The van der Waals surface area contributed by atoms with Crippen molar-refractivity contribution in [3.8, 4) is 0 Å². The van der Waals surface area contributed by atoms with Gasteiger partial charge in [0, 0.05) is 0 Å². The summed E-state index contributed by atoms with van der Waals surface area (Å²) in [5.74, 6) is -0.600. The number of hydrogen-bond acceptors (Lipinski definition) is 5. The molecule has 1 amide bonds. The van der Waals surface area contributed by atoms with Crippen LogP contribution in [0.4, 0.5) is 0 Å². The van der Waals surface area contributed by atoms with Gasteiger partial charge < -0.3 is 20.9 Å². The largest absolute Gasteiger partial charge is 0.467 e. The molecule has 0 aromatic heterocycles. The molecule has 3 unspecified atom stereocenters. The molecule has 23 heavy (non-hydrogen) atoms. The van der Waals surface area contributed by atoms with Gasteiger partial charge in [-0.1, -0.05) is 43.2 Å². The van der Waals surface area contributed by atoms with E-state index in [9.17, 15) is 14.7 Å². The zero-order chi connectivity index (χ0) is 16.8. The molecule has 4 N–H and O–H groups in total. The summed E-state index contributed by atoms with van der Waals surface area (Å²) in [4.78, 5) is 23.9. The van der Waals surface area contributed by atoms with Gasteiger partial charge in [-0.3, -0.25) is 4.79 Å². The van der Waals surface area contributed by atoms with E-state index in [0.29, 0.717) is 18.8 Å². The molecule has 0 saturated heterocycles. The van der Waals surface area contributed by atoms with Gasteiger partial charge in [0.15, 0.2) is 6.10 Å². The van der Waals surface area contributed by atoms with Gasteiger partial charge in [-0.15, -0.1) is 0 Å². The van der Waals surface area contributed by atoms with Gasteiger partial charge in [0.25, 0.3) is 0 Å². The number of esters is 1. The second-order valence-corrected chi connectivity index (χ2v) is 6.06. The number of benzene rings is 1. The third-order valence-electron chi connectivity index (χ3n) is 4.07. The first kappa shape index (κ1) is 17.4. The molecule has 1 aliphatic carbocycles. The van der Waals surface area contributed by atoms with Gasteiger partial charge in [0.2, 0.25) is 5.91 Å². The summed E-state index contributed by atoms with van der Waals surface area (Å²) in [5.41, 5.74) is 6.80. The second-order valence-electron chi connectivity index (χ2n) is 6.06. The molecule has 2 rings (SSSR count). The van der Waals surface area contributed by atoms with Crippen LogP contribution in [0.3, 0.4) is 0 Å². The van der Waals surface area contributed by atoms with Crippen molar-refractivity contribution in [3.05, 3.63) is 35.9 Å². The van der Waals surface area contributed by atoms with Gasteiger partial charge in [-0.2, -0.15) is 0 Å². The minimum Gasteiger partial charge on any atom is -0.467 e. The Kier molecular flexibility index (Phi) is 6.12. The molecule has 1 aromatic rings. The molecule has 126 valence electrons. The van der Waals surface area contributed by atoms with Crippen LogP contribution in [0.2, 0.25) is 0 Å². The summed E-state index contributed by atoms with van der Waals surface area (Å²) in [5, 5.41) is 12.8. The van der Waals surface area contributed by atoms with E-state index in [1.807, 2.05) is 30.3 Å². The van der Waals surface area contributed by atoms with E-state index < -0.39 is 24.2 Å². The topological polar surface area (TPSA) is 102 Å². The Labute approximate surface area is 136 Å². The van der Waals surface area contributed by atoms with Gasteiger partial charge in [-0.25, -0.2) is 4.79 Å². The van der Waals surface area contributed by atoms with Crippen LogP contribution in [0.5, 0.6) is 0 Å². The maximum absolute atomic E-state index is 12.2. The number of carbonyl (C=O) groups excluding carboxylic acids is 2. The summed E-state index contributed by atoms with van der Waals surface area (Å²) in [7, 11) is 1.20. The summed E-state index contributed by atoms with van der Waals surface area (Å²) in [6.45, 7) is 0. The van der Waals surface area contributed by atoms with Crippen molar-refractivity contribution in [2.75, 3.05) is 7.11 Å². The van der Waals surface area contributed by atoms with Gasteiger partial charge in [0.05, 0.1) is 19.2 Å². The van der Waals surface area contributed by atoms with Crippen molar-refractivity contribution >= 4 is 11.9 Å². The highest BCUT2D eigenvalue weighted by Crippen LogP contribution is 2.33. The van der Waals surface area contributed by atoms with Crippen LogP contribution < -0.4 is 11.1 Å². The third kappa shape index (κ3) is 5.33. The van der Waals surface area contributed by atoms with Crippen molar-refractivity contribution in [1.82, 2.24) is 5.32 Å². The van der Waals surface area contributed by atoms with Crippen molar-refractivity contribution in [3.63, 3.8) is 0 Å². The molecule has 0 spiro atoms. The lowest BCUT2D eigenvalue weighted by molar-refractivity contribution is -0.152. The molecular formula is C17H24N2O4. The maximum atomic E-state index is 12.2. The molecule has 6 nitrogen and oxygen atoms in total. The Morgan fingerprint density at radius 2 is 2.00 bits per heavy atom. The quantitative estimate of drug-likeness (QED) is 0.601. The summed E-state index contributed by atoms with van der Waals surface area (Å²) < 4.78 is 4.58. The lowest BCUT2D eigenvalue weighted by atomic mass is 10.00. The molecule has 0 aliphatic heterocycles. The Balaban J connectivity index is 2.02. The smallest absolute Gasteiger partial charge is 0.336 e. The Hall–Kier alpha value is -1.92. The zero-order valence-corrected chi connectivity index (χ0v) is 13.3. The maximum Gasteiger partial charge on any atom is 0.336 e. The van der Waals surface area contributed by atoms with E-state index in [-0.39, 0.29) is 5.91 Å². The first-order chi connectivity index (χ1) is 11.0. The molecule has 1 fully saturated rings. The highest BCUT2D eigenvalue weighted by molar-refractivity contribution is 5.83. The molecule has 1 aliphatic rings. The summed E-state index contributed by atoms with van der Waals surface area (Å²) in [6.07, 6.45) is 1.74. The molecule has 1 aromatic carbocycles. The van der Waals surface area contributed by atoms with Crippen LogP contribution in [-0.4, -0.2) is 42.3 Å². The number of hydrogen-bond donors (Lipinski definition) is 3. The molecule has 0 heterocycles. The van der Waals surface area contributed by atoms with Crippen LogP contribution in [0.1, 0.15) is 24.8 Å². The first-order valence-electron chi connectivity index (χ1n) is 7.87. The molecule has 0 bridgehead atoms. The monoisotopic (exact) mass is 320 g/mol. The van der Waals surface area contributed by atoms with E-state index in [1.54, 1.807) is 0 Å². The predicted molar refractivity (Wildman–Crippen MR) is 85.4 cm³/mol. The normalized spacial score (nSPS) is 17.9. The lowest BCUT2D eigenvalue weighted by Crippen LogP contribution is -2.53. The fraction of sp³-hybridized carbons (Fsp3) is 0.529. The number of aliphatic hydroxyl groups excluding tert-OH is 1.